The number of carbonyl (C=O) groups is 1. The predicted molar refractivity (Wildman–Crippen MR) is 117 cm³/mol. The lowest BCUT2D eigenvalue weighted by atomic mass is 9.97. The molecule has 0 unspecified atom stereocenters. The first-order valence-electron chi connectivity index (χ1n) is 10.4. The normalized spacial score (nSPS) is 13.1. The van der Waals surface area contributed by atoms with E-state index in [1.165, 1.54) is 5.56 Å². The Hall–Kier alpha value is -3.73. The third kappa shape index (κ3) is 3.99. The molecule has 2 aromatic heterocycles. The molecule has 8 nitrogen and oxygen atoms in total. The molecule has 0 bridgehead atoms. The summed E-state index contributed by atoms with van der Waals surface area (Å²) in [4.78, 5) is 19.1. The first kappa shape index (κ1) is 20.5. The Kier molecular flexibility index (Phi) is 5.67. The van der Waals surface area contributed by atoms with E-state index in [0.717, 1.165) is 24.2 Å². The second kappa shape index (κ2) is 8.56. The monoisotopic (exact) mass is 415 g/mol. The summed E-state index contributed by atoms with van der Waals surface area (Å²) >= 11 is 0. The molecular weight excluding hydrogens is 390 g/mol. The van der Waals surface area contributed by atoms with Gasteiger partial charge in [-0.3, -0.25) is 4.79 Å². The summed E-state index contributed by atoms with van der Waals surface area (Å²) in [7, 11) is 0. The fraction of sp³-hybridized carbons (Fsp3) is 0.348. The highest BCUT2D eigenvalue weighted by Gasteiger charge is 2.24. The Morgan fingerprint density at radius 3 is 2.90 bits per heavy atom. The molecule has 31 heavy (non-hydrogen) atoms. The third-order valence-electron chi connectivity index (χ3n) is 5.46. The van der Waals surface area contributed by atoms with Crippen molar-refractivity contribution in [3.8, 4) is 11.8 Å². The number of nitrogens with one attached hydrogen (secondary N) is 1. The van der Waals surface area contributed by atoms with Gasteiger partial charge in [0.25, 0.3) is 5.91 Å². The standard InChI is InChI=1S/C23H25N7O/c1-15(2)13-26-23(31)21-16(3)30(28-27-21)20-8-4-6-18-14-29(11-9-19(18)20)22-17(12-24)7-5-10-25-22/h4-8,10,15H,9,11,13-14H2,1-3H3,(H,26,31). The molecule has 1 amide bonds. The Bertz CT molecular complexity index is 1160. The molecule has 158 valence electrons. The maximum Gasteiger partial charge on any atom is 0.273 e. The molecule has 0 spiro atoms. The van der Waals surface area contributed by atoms with E-state index in [4.69, 9.17) is 0 Å². The average molecular weight is 416 g/mol. The summed E-state index contributed by atoms with van der Waals surface area (Å²) < 4.78 is 1.75. The molecule has 1 aliphatic heterocycles. The number of benzene rings is 1. The molecule has 8 heteroatoms. The van der Waals surface area contributed by atoms with Crippen molar-refractivity contribution >= 4 is 11.7 Å². The minimum Gasteiger partial charge on any atom is -0.351 e. The van der Waals surface area contributed by atoms with Gasteiger partial charge in [0, 0.05) is 25.8 Å². The van der Waals surface area contributed by atoms with E-state index in [1.54, 1.807) is 23.0 Å². The predicted octanol–water partition coefficient (Wildman–Crippen LogP) is 2.79. The molecule has 0 aliphatic carbocycles. The molecule has 1 N–H and O–H groups in total. The molecule has 0 radical (unpaired) electrons. The van der Waals surface area contributed by atoms with Crippen LogP contribution in [0.5, 0.6) is 0 Å². The van der Waals surface area contributed by atoms with Gasteiger partial charge in [-0.2, -0.15) is 5.26 Å². The Morgan fingerprint density at radius 2 is 2.13 bits per heavy atom. The van der Waals surface area contributed by atoms with Gasteiger partial charge < -0.3 is 10.2 Å². The minimum atomic E-state index is -0.201. The zero-order chi connectivity index (χ0) is 22.0. The first-order chi connectivity index (χ1) is 15.0. The van der Waals surface area contributed by atoms with Crippen molar-refractivity contribution in [2.24, 2.45) is 5.92 Å². The lowest BCUT2D eigenvalue weighted by Crippen LogP contribution is -2.32. The zero-order valence-corrected chi connectivity index (χ0v) is 18.0. The number of amides is 1. The van der Waals surface area contributed by atoms with Crippen molar-refractivity contribution in [3.63, 3.8) is 0 Å². The molecule has 3 aromatic rings. The summed E-state index contributed by atoms with van der Waals surface area (Å²) in [6.07, 6.45) is 2.49. The van der Waals surface area contributed by atoms with Gasteiger partial charge in [0.05, 0.1) is 16.9 Å². The van der Waals surface area contributed by atoms with Crippen molar-refractivity contribution in [1.29, 1.82) is 5.26 Å². The molecule has 3 heterocycles. The number of anilines is 1. The highest BCUT2D eigenvalue weighted by molar-refractivity contribution is 5.93. The number of rotatable bonds is 5. The van der Waals surface area contributed by atoms with Gasteiger partial charge in [-0.05, 0) is 48.6 Å². The summed E-state index contributed by atoms with van der Waals surface area (Å²) in [5.41, 5.74) is 4.91. The van der Waals surface area contributed by atoms with Crippen LogP contribution in [0.3, 0.4) is 0 Å². The lowest BCUT2D eigenvalue weighted by Gasteiger charge is -2.31. The van der Waals surface area contributed by atoms with Gasteiger partial charge >= 0.3 is 0 Å². The van der Waals surface area contributed by atoms with Crippen LogP contribution in [-0.2, 0) is 13.0 Å². The molecule has 0 saturated heterocycles. The van der Waals surface area contributed by atoms with Gasteiger partial charge in [-0.1, -0.05) is 31.2 Å². The van der Waals surface area contributed by atoms with Crippen LogP contribution in [0, 0.1) is 24.2 Å². The third-order valence-corrected chi connectivity index (χ3v) is 5.46. The van der Waals surface area contributed by atoms with Gasteiger partial charge in [0.1, 0.15) is 11.9 Å². The van der Waals surface area contributed by atoms with Gasteiger partial charge in [0.15, 0.2) is 5.69 Å². The molecule has 1 aliphatic rings. The van der Waals surface area contributed by atoms with Crippen molar-refractivity contribution in [2.75, 3.05) is 18.0 Å². The number of fused-ring (bicyclic) bond motifs is 1. The van der Waals surface area contributed by atoms with E-state index in [2.05, 4.69) is 37.6 Å². The number of hydrogen-bond donors (Lipinski definition) is 1. The van der Waals surface area contributed by atoms with Gasteiger partial charge in [0.2, 0.25) is 0 Å². The quantitative estimate of drug-likeness (QED) is 0.688. The van der Waals surface area contributed by atoms with Crippen LogP contribution < -0.4 is 10.2 Å². The van der Waals surface area contributed by atoms with Crippen LogP contribution in [0.2, 0.25) is 0 Å². The topological polar surface area (TPSA) is 99.7 Å². The minimum absolute atomic E-state index is 0.201. The summed E-state index contributed by atoms with van der Waals surface area (Å²) in [6.45, 7) is 7.96. The lowest BCUT2D eigenvalue weighted by molar-refractivity contribution is 0.0943. The Labute approximate surface area is 181 Å². The highest BCUT2D eigenvalue weighted by atomic mass is 16.2. The summed E-state index contributed by atoms with van der Waals surface area (Å²) in [5.74, 6) is 0.874. The molecular formula is C23H25N7O. The molecule has 4 rings (SSSR count). The van der Waals surface area contributed by atoms with Crippen molar-refractivity contribution in [3.05, 3.63) is 64.6 Å². The van der Waals surface area contributed by atoms with E-state index in [-0.39, 0.29) is 5.91 Å². The van der Waals surface area contributed by atoms with Crippen molar-refractivity contribution in [2.45, 2.75) is 33.7 Å². The fourth-order valence-corrected chi connectivity index (χ4v) is 3.85. The Balaban J connectivity index is 1.63. The molecule has 0 fully saturated rings. The van der Waals surface area contributed by atoms with E-state index in [0.29, 0.717) is 41.8 Å². The number of nitriles is 1. The zero-order valence-electron chi connectivity index (χ0n) is 18.0. The van der Waals surface area contributed by atoms with Crippen LogP contribution in [0.1, 0.15) is 46.7 Å². The SMILES string of the molecule is Cc1c(C(=O)NCC(C)C)nnn1-c1cccc2c1CCN(c1ncccc1C#N)C2. The van der Waals surface area contributed by atoms with Crippen molar-refractivity contribution in [1.82, 2.24) is 25.3 Å². The first-order valence-corrected chi connectivity index (χ1v) is 10.4. The largest absolute Gasteiger partial charge is 0.351 e. The van der Waals surface area contributed by atoms with Crippen LogP contribution >= 0.6 is 0 Å². The second-order valence-corrected chi connectivity index (χ2v) is 8.11. The van der Waals surface area contributed by atoms with E-state index < -0.39 is 0 Å². The molecule has 0 atom stereocenters. The summed E-state index contributed by atoms with van der Waals surface area (Å²) in [6, 6.07) is 11.9. The second-order valence-electron chi connectivity index (χ2n) is 8.11. The molecule has 0 saturated carbocycles. The highest BCUT2D eigenvalue weighted by Crippen LogP contribution is 2.29. The number of pyridine rings is 1. The van der Waals surface area contributed by atoms with Gasteiger partial charge in [-0.25, -0.2) is 9.67 Å². The van der Waals surface area contributed by atoms with Crippen molar-refractivity contribution < 1.29 is 4.79 Å². The molecule has 1 aromatic carbocycles. The van der Waals surface area contributed by atoms with Crippen LogP contribution in [0.4, 0.5) is 5.82 Å². The maximum atomic E-state index is 12.5. The number of aromatic nitrogens is 4. The fourth-order valence-electron chi connectivity index (χ4n) is 3.85. The van der Waals surface area contributed by atoms with Crippen LogP contribution in [-0.4, -0.2) is 39.0 Å². The summed E-state index contributed by atoms with van der Waals surface area (Å²) in [5, 5.41) is 20.8. The van der Waals surface area contributed by atoms with E-state index in [9.17, 15) is 10.1 Å². The number of nitrogens with zero attached hydrogens (tertiary/aromatic N) is 6. The number of hydrogen-bond acceptors (Lipinski definition) is 6. The van der Waals surface area contributed by atoms with E-state index in [1.807, 2.05) is 32.9 Å². The number of carbonyl (C=O) groups excluding carboxylic acids is 1. The van der Waals surface area contributed by atoms with Crippen LogP contribution in [0.15, 0.2) is 36.5 Å². The smallest absolute Gasteiger partial charge is 0.273 e. The average Bonchev–Trinajstić information content (AvgIpc) is 3.17. The maximum absolute atomic E-state index is 12.5. The van der Waals surface area contributed by atoms with E-state index >= 15 is 0 Å². The van der Waals surface area contributed by atoms with Crippen LogP contribution in [0.25, 0.3) is 5.69 Å². The Morgan fingerprint density at radius 1 is 1.29 bits per heavy atom. The van der Waals surface area contributed by atoms with Gasteiger partial charge in [-0.15, -0.1) is 5.10 Å².